The summed E-state index contributed by atoms with van der Waals surface area (Å²) >= 11 is 0. The molecular formula is C20H28N6O3. The summed E-state index contributed by atoms with van der Waals surface area (Å²) in [7, 11) is 3.93. The lowest BCUT2D eigenvalue weighted by atomic mass is 9.77. The number of amides is 1. The van der Waals surface area contributed by atoms with Crippen molar-refractivity contribution in [2.75, 3.05) is 32.1 Å². The predicted octanol–water partition coefficient (Wildman–Crippen LogP) is 1.25. The molecule has 2 aromatic heterocycles. The van der Waals surface area contributed by atoms with Crippen molar-refractivity contribution in [1.82, 2.24) is 24.4 Å². The molecule has 9 nitrogen and oxygen atoms in total. The van der Waals surface area contributed by atoms with Gasteiger partial charge >= 0.3 is 0 Å². The maximum atomic E-state index is 12.9. The minimum Gasteiger partial charge on any atom is -0.483 e. The third kappa shape index (κ3) is 4.23. The maximum Gasteiger partial charge on any atom is 0.290 e. The van der Waals surface area contributed by atoms with E-state index in [0.717, 1.165) is 56.2 Å². The van der Waals surface area contributed by atoms with Crippen molar-refractivity contribution < 1.29 is 14.7 Å². The molecule has 156 valence electrons. The fraction of sp³-hybridized carbons (Fsp3) is 0.550. The number of carboxylic acid groups (broad SMARTS) is 1. The van der Waals surface area contributed by atoms with Crippen molar-refractivity contribution >= 4 is 18.3 Å². The zero-order valence-electron chi connectivity index (χ0n) is 17.2. The van der Waals surface area contributed by atoms with E-state index < -0.39 is 0 Å². The van der Waals surface area contributed by atoms with Gasteiger partial charge in [0, 0.05) is 51.2 Å². The largest absolute Gasteiger partial charge is 0.483 e. The molecule has 1 atom stereocenters. The Labute approximate surface area is 170 Å². The zero-order chi connectivity index (χ0) is 21.0. The Balaban J connectivity index is 0.000000755. The normalized spacial score (nSPS) is 20.0. The Morgan fingerprint density at radius 3 is 2.76 bits per heavy atom. The molecule has 9 heteroatoms. The first-order valence-corrected chi connectivity index (χ1v) is 9.77. The molecule has 1 N–H and O–H groups in total. The van der Waals surface area contributed by atoms with E-state index in [0.29, 0.717) is 6.54 Å². The highest BCUT2D eigenvalue weighted by atomic mass is 16.3. The number of aromatic nitrogens is 4. The highest BCUT2D eigenvalue weighted by Crippen LogP contribution is 2.44. The Morgan fingerprint density at radius 2 is 2.10 bits per heavy atom. The van der Waals surface area contributed by atoms with Crippen LogP contribution in [-0.2, 0) is 28.0 Å². The number of carbonyl (C=O) groups is 2. The average Bonchev–Trinajstić information content (AvgIpc) is 3.26. The van der Waals surface area contributed by atoms with Gasteiger partial charge in [-0.05, 0) is 38.2 Å². The molecule has 0 radical (unpaired) electrons. The van der Waals surface area contributed by atoms with Crippen LogP contribution in [0.2, 0.25) is 0 Å². The van der Waals surface area contributed by atoms with Gasteiger partial charge < -0.3 is 19.5 Å². The van der Waals surface area contributed by atoms with E-state index in [9.17, 15) is 4.79 Å². The quantitative estimate of drug-likeness (QED) is 0.773. The van der Waals surface area contributed by atoms with E-state index >= 15 is 0 Å². The molecular weight excluding hydrogens is 372 g/mol. The van der Waals surface area contributed by atoms with Gasteiger partial charge in [0.05, 0.1) is 5.69 Å². The fourth-order valence-corrected chi connectivity index (χ4v) is 4.31. The molecule has 0 aromatic carbocycles. The number of fused-ring (bicyclic) bond motifs is 2. The fourth-order valence-electron chi connectivity index (χ4n) is 4.31. The molecule has 2 aliphatic rings. The van der Waals surface area contributed by atoms with E-state index in [4.69, 9.17) is 14.9 Å². The van der Waals surface area contributed by atoms with Crippen LogP contribution in [0, 0.1) is 6.92 Å². The summed E-state index contributed by atoms with van der Waals surface area (Å²) in [6.45, 7) is 3.63. The first-order chi connectivity index (χ1) is 13.9. The third-order valence-electron chi connectivity index (χ3n) is 5.79. The van der Waals surface area contributed by atoms with Crippen LogP contribution >= 0.6 is 0 Å². The number of rotatable bonds is 3. The Kier molecular flexibility index (Phi) is 6.14. The van der Waals surface area contributed by atoms with Crippen LogP contribution in [0.5, 0.6) is 0 Å². The van der Waals surface area contributed by atoms with Gasteiger partial charge in [0.1, 0.15) is 12.4 Å². The van der Waals surface area contributed by atoms with Gasteiger partial charge in [-0.15, -0.1) is 0 Å². The number of hydrogen-bond donors (Lipinski definition) is 1. The summed E-state index contributed by atoms with van der Waals surface area (Å²) < 4.78 is 1.92. The van der Waals surface area contributed by atoms with Crippen molar-refractivity contribution in [3.8, 4) is 0 Å². The van der Waals surface area contributed by atoms with Gasteiger partial charge in [-0.25, -0.2) is 15.0 Å². The minimum atomic E-state index is -0.250. The molecule has 1 saturated heterocycles. The lowest BCUT2D eigenvalue weighted by Gasteiger charge is -2.40. The van der Waals surface area contributed by atoms with Crippen LogP contribution in [0.4, 0.5) is 5.95 Å². The predicted molar refractivity (Wildman–Crippen MR) is 108 cm³/mol. The first kappa shape index (κ1) is 20.8. The van der Waals surface area contributed by atoms with Gasteiger partial charge in [-0.3, -0.25) is 9.59 Å². The molecule has 1 spiro atoms. The number of hydrogen-bond acceptors (Lipinski definition) is 6. The lowest BCUT2D eigenvalue weighted by Crippen LogP contribution is -2.49. The van der Waals surface area contributed by atoms with Crippen LogP contribution in [-0.4, -0.2) is 69.1 Å². The topological polar surface area (TPSA) is 104 Å². The molecule has 4 rings (SSSR count). The van der Waals surface area contributed by atoms with Crippen molar-refractivity contribution in [1.29, 1.82) is 0 Å². The second-order valence-electron chi connectivity index (χ2n) is 7.85. The van der Waals surface area contributed by atoms with Crippen molar-refractivity contribution in [3.05, 3.63) is 35.7 Å². The Hall–Kier alpha value is -2.97. The van der Waals surface area contributed by atoms with Crippen molar-refractivity contribution in [3.63, 3.8) is 0 Å². The van der Waals surface area contributed by atoms with Gasteiger partial charge in [-0.1, -0.05) is 0 Å². The van der Waals surface area contributed by atoms with E-state index in [-0.39, 0.29) is 17.8 Å². The monoisotopic (exact) mass is 400 g/mol. The number of anilines is 1. The lowest BCUT2D eigenvalue weighted by molar-refractivity contribution is -0.134. The van der Waals surface area contributed by atoms with Crippen LogP contribution in [0.25, 0.3) is 0 Å². The number of likely N-dealkylation sites (tertiary alicyclic amines) is 1. The van der Waals surface area contributed by atoms with Crippen molar-refractivity contribution in [2.45, 2.75) is 44.6 Å². The standard InChI is InChI=1S/C19H26N6O.CH2O2/c1-14-20-8-10-24(14)12-16(26)25-9-4-6-19(13-25)7-5-15-11-21-18(23(2)3)22-17(15)19;2-1-3/h8,10-11H,4-7,9,12-13H2,1-3H3;1H,(H,2,3). The molecule has 3 heterocycles. The summed E-state index contributed by atoms with van der Waals surface area (Å²) in [5, 5.41) is 6.89. The Bertz CT molecular complexity index is 877. The van der Waals surface area contributed by atoms with E-state index in [1.54, 1.807) is 6.20 Å². The summed E-state index contributed by atoms with van der Waals surface area (Å²) in [5.74, 6) is 1.79. The van der Waals surface area contributed by atoms with Crippen LogP contribution < -0.4 is 4.90 Å². The highest BCUT2D eigenvalue weighted by Gasteiger charge is 2.44. The summed E-state index contributed by atoms with van der Waals surface area (Å²) in [6, 6.07) is 0. The molecule has 1 aliphatic carbocycles. The van der Waals surface area contributed by atoms with E-state index in [1.807, 2.05) is 47.8 Å². The second-order valence-corrected chi connectivity index (χ2v) is 7.85. The Morgan fingerprint density at radius 1 is 1.34 bits per heavy atom. The van der Waals surface area contributed by atoms with Gasteiger partial charge in [-0.2, -0.15) is 0 Å². The van der Waals surface area contributed by atoms with E-state index in [1.165, 1.54) is 5.56 Å². The first-order valence-electron chi connectivity index (χ1n) is 9.77. The summed E-state index contributed by atoms with van der Waals surface area (Å²) in [5.41, 5.74) is 2.39. The molecule has 1 fully saturated rings. The maximum absolute atomic E-state index is 12.9. The molecule has 1 unspecified atom stereocenters. The molecule has 0 saturated carbocycles. The van der Waals surface area contributed by atoms with E-state index in [2.05, 4.69) is 9.97 Å². The second kappa shape index (κ2) is 8.59. The smallest absolute Gasteiger partial charge is 0.290 e. The van der Waals surface area contributed by atoms with Gasteiger partial charge in [0.25, 0.3) is 6.47 Å². The summed E-state index contributed by atoms with van der Waals surface area (Å²) in [4.78, 5) is 38.8. The molecule has 0 bridgehead atoms. The summed E-state index contributed by atoms with van der Waals surface area (Å²) in [6.07, 6.45) is 9.77. The third-order valence-corrected chi connectivity index (χ3v) is 5.79. The minimum absolute atomic E-state index is 0.0130. The average molecular weight is 400 g/mol. The number of carbonyl (C=O) groups excluding carboxylic acids is 1. The van der Waals surface area contributed by atoms with Crippen LogP contribution in [0.1, 0.15) is 36.3 Å². The molecule has 29 heavy (non-hydrogen) atoms. The number of imidazole rings is 1. The molecule has 1 amide bonds. The number of piperidine rings is 1. The highest BCUT2D eigenvalue weighted by molar-refractivity contribution is 5.76. The SMILES string of the molecule is Cc1nccn1CC(=O)N1CCCC2(CCc3cnc(N(C)C)nc32)C1.O=CO. The molecule has 1 aliphatic heterocycles. The number of aryl methyl sites for hydroxylation is 2. The van der Waals surface area contributed by atoms with Gasteiger partial charge in [0.2, 0.25) is 11.9 Å². The van der Waals surface area contributed by atoms with Crippen molar-refractivity contribution in [2.24, 2.45) is 0 Å². The molecule has 2 aromatic rings. The number of nitrogens with zero attached hydrogens (tertiary/aromatic N) is 6. The van der Waals surface area contributed by atoms with Gasteiger partial charge in [0.15, 0.2) is 0 Å². The van der Waals surface area contributed by atoms with Crippen LogP contribution in [0.15, 0.2) is 18.6 Å². The zero-order valence-corrected chi connectivity index (χ0v) is 17.2. The van der Waals surface area contributed by atoms with Crippen LogP contribution in [0.3, 0.4) is 0 Å².